The first-order valence-electron chi connectivity index (χ1n) is 13.4. The van der Waals surface area contributed by atoms with Crippen molar-refractivity contribution in [2.24, 2.45) is 18.9 Å². The minimum absolute atomic E-state index is 0.0355. The molecule has 1 atom stereocenters. The van der Waals surface area contributed by atoms with Gasteiger partial charge in [0.25, 0.3) is 0 Å². The molecule has 0 N–H and O–H groups in total. The molecule has 6 rings (SSSR count). The summed E-state index contributed by atoms with van der Waals surface area (Å²) in [5, 5.41) is 6.15. The van der Waals surface area contributed by atoms with E-state index in [-0.39, 0.29) is 11.8 Å². The molecule has 1 aliphatic heterocycles. The third-order valence-corrected chi connectivity index (χ3v) is 7.99. The summed E-state index contributed by atoms with van der Waals surface area (Å²) in [5.74, 6) is 0.200. The molecule has 1 fully saturated rings. The van der Waals surface area contributed by atoms with Crippen molar-refractivity contribution in [1.82, 2.24) is 9.78 Å². The maximum absolute atomic E-state index is 13.6. The fraction of sp³-hybridized carbons (Fsp3) is 0.433. The molecular formula is C30H33N3O5. The highest BCUT2D eigenvalue weighted by molar-refractivity contribution is 6.13. The van der Waals surface area contributed by atoms with Crippen LogP contribution in [0.3, 0.4) is 0 Å². The van der Waals surface area contributed by atoms with Gasteiger partial charge in [-0.05, 0) is 75.3 Å². The van der Waals surface area contributed by atoms with Crippen molar-refractivity contribution in [3.05, 3.63) is 58.9 Å². The molecule has 1 unspecified atom stereocenters. The van der Waals surface area contributed by atoms with Gasteiger partial charge in [0, 0.05) is 23.7 Å². The number of benzene rings is 2. The number of anilines is 1. The van der Waals surface area contributed by atoms with Crippen LogP contribution in [0.25, 0.3) is 21.9 Å². The normalized spacial score (nSPS) is 21.6. The number of ether oxygens (including phenoxy) is 2. The second-order valence-electron chi connectivity index (χ2n) is 10.9. The van der Waals surface area contributed by atoms with Crippen LogP contribution in [0.5, 0.6) is 0 Å². The Balaban J connectivity index is 1.30. The summed E-state index contributed by atoms with van der Waals surface area (Å²) in [6.07, 6.45) is 3.18. The molecule has 38 heavy (non-hydrogen) atoms. The lowest BCUT2D eigenvalue weighted by Crippen LogP contribution is -2.48. The first-order valence-corrected chi connectivity index (χ1v) is 13.4. The van der Waals surface area contributed by atoms with Crippen molar-refractivity contribution in [3.8, 4) is 0 Å². The van der Waals surface area contributed by atoms with Crippen LogP contribution >= 0.6 is 0 Å². The molecule has 2 aliphatic rings. The fourth-order valence-corrected chi connectivity index (χ4v) is 5.85. The standard InChI is InChI=1S/C30H33N3O5/c1-17-5-8-21(9-6-17)29(34)33-19(3)37-30(35)25-14-28-24(13-26(25)33)23-10-7-20(12-27(23)38-28)15-36-16-22-11-18(2)31-32(22)4/h7,10-14,17,19,21H,5-6,8-9,15-16H2,1-4H3/t17-,19?,21-. The number of aromatic nitrogens is 2. The summed E-state index contributed by atoms with van der Waals surface area (Å²) < 4.78 is 19.5. The Morgan fingerprint density at radius 2 is 1.79 bits per heavy atom. The molecule has 0 radical (unpaired) electrons. The summed E-state index contributed by atoms with van der Waals surface area (Å²) in [4.78, 5) is 28.2. The van der Waals surface area contributed by atoms with Gasteiger partial charge in [0.2, 0.25) is 5.91 Å². The Morgan fingerprint density at radius 3 is 2.53 bits per heavy atom. The van der Waals surface area contributed by atoms with Gasteiger partial charge in [-0.15, -0.1) is 0 Å². The number of esters is 1. The molecule has 8 nitrogen and oxygen atoms in total. The van der Waals surface area contributed by atoms with Crippen LogP contribution in [0.1, 0.15) is 66.8 Å². The van der Waals surface area contributed by atoms with Gasteiger partial charge in [0.1, 0.15) is 11.2 Å². The van der Waals surface area contributed by atoms with E-state index in [0.717, 1.165) is 53.4 Å². The number of rotatable bonds is 5. The van der Waals surface area contributed by atoms with Gasteiger partial charge in [-0.25, -0.2) is 4.79 Å². The maximum atomic E-state index is 13.6. The van der Waals surface area contributed by atoms with Crippen LogP contribution in [0, 0.1) is 18.8 Å². The number of carbonyl (C=O) groups excluding carboxylic acids is 2. The van der Waals surface area contributed by atoms with Gasteiger partial charge in [0.05, 0.1) is 35.9 Å². The maximum Gasteiger partial charge on any atom is 0.342 e. The van der Waals surface area contributed by atoms with E-state index >= 15 is 0 Å². The molecular weight excluding hydrogens is 482 g/mol. The zero-order valence-electron chi connectivity index (χ0n) is 22.3. The van der Waals surface area contributed by atoms with Crippen molar-refractivity contribution in [3.63, 3.8) is 0 Å². The second kappa shape index (κ2) is 9.58. The van der Waals surface area contributed by atoms with Gasteiger partial charge in [-0.3, -0.25) is 14.4 Å². The summed E-state index contributed by atoms with van der Waals surface area (Å²) in [6, 6.07) is 11.6. The number of hydrogen-bond donors (Lipinski definition) is 0. The fourth-order valence-electron chi connectivity index (χ4n) is 5.85. The smallest absolute Gasteiger partial charge is 0.342 e. The highest BCUT2D eigenvalue weighted by atomic mass is 16.6. The molecule has 0 saturated heterocycles. The third kappa shape index (κ3) is 4.36. The van der Waals surface area contributed by atoms with Crippen LogP contribution in [0.2, 0.25) is 0 Å². The van der Waals surface area contributed by atoms with E-state index in [1.807, 2.05) is 49.0 Å². The van der Waals surface area contributed by atoms with Gasteiger partial charge < -0.3 is 13.9 Å². The Hall–Kier alpha value is -3.65. The van der Waals surface area contributed by atoms with Crippen LogP contribution < -0.4 is 4.90 Å². The molecule has 198 valence electrons. The molecule has 0 spiro atoms. The van der Waals surface area contributed by atoms with E-state index in [1.54, 1.807) is 17.9 Å². The number of fused-ring (bicyclic) bond motifs is 4. The number of amides is 1. The molecule has 3 heterocycles. The van der Waals surface area contributed by atoms with E-state index in [1.165, 1.54) is 0 Å². The lowest BCUT2D eigenvalue weighted by molar-refractivity contribution is -0.125. The van der Waals surface area contributed by atoms with E-state index in [2.05, 4.69) is 12.0 Å². The Labute approximate surface area is 221 Å². The summed E-state index contributed by atoms with van der Waals surface area (Å²) in [7, 11) is 1.91. The minimum atomic E-state index is -0.649. The molecule has 4 aromatic rings. The van der Waals surface area contributed by atoms with Gasteiger partial charge in [0.15, 0.2) is 6.23 Å². The van der Waals surface area contributed by atoms with Gasteiger partial charge in [-0.2, -0.15) is 5.10 Å². The average Bonchev–Trinajstić information content (AvgIpc) is 3.40. The zero-order chi connectivity index (χ0) is 26.6. The van der Waals surface area contributed by atoms with E-state index in [0.29, 0.717) is 41.5 Å². The van der Waals surface area contributed by atoms with Crippen molar-refractivity contribution >= 4 is 39.5 Å². The lowest BCUT2D eigenvalue weighted by Gasteiger charge is -2.37. The number of hydrogen-bond acceptors (Lipinski definition) is 6. The third-order valence-electron chi connectivity index (χ3n) is 7.99. The second-order valence-corrected chi connectivity index (χ2v) is 10.9. The SMILES string of the molecule is Cc1cc(COCc2ccc3c(c2)oc2cc4c(cc23)N(C(=O)[C@H]2CC[C@H](C)CC2)C(C)OC4=O)n(C)n1. The minimum Gasteiger partial charge on any atom is -0.456 e. The number of nitrogens with zero attached hydrogens (tertiary/aromatic N) is 3. The van der Waals surface area contributed by atoms with Crippen LogP contribution in [0.15, 0.2) is 40.8 Å². The molecule has 1 amide bonds. The summed E-state index contributed by atoms with van der Waals surface area (Å²) in [5.41, 5.74) is 5.23. The van der Waals surface area contributed by atoms with E-state index in [9.17, 15) is 9.59 Å². The van der Waals surface area contributed by atoms with Crippen molar-refractivity contribution in [1.29, 1.82) is 0 Å². The molecule has 1 aliphatic carbocycles. The number of aryl methyl sites for hydroxylation is 2. The monoisotopic (exact) mass is 515 g/mol. The van der Waals surface area contributed by atoms with Crippen LogP contribution in [0.4, 0.5) is 5.69 Å². The Kier molecular flexibility index (Phi) is 6.22. The first kappa shape index (κ1) is 24.7. The number of furan rings is 1. The molecule has 2 aromatic carbocycles. The molecule has 1 saturated carbocycles. The number of cyclic esters (lactones) is 1. The van der Waals surface area contributed by atoms with Gasteiger partial charge in [-0.1, -0.05) is 19.1 Å². The van der Waals surface area contributed by atoms with Crippen LogP contribution in [-0.2, 0) is 34.5 Å². The summed E-state index contributed by atoms with van der Waals surface area (Å²) in [6.45, 7) is 6.86. The van der Waals surface area contributed by atoms with Crippen molar-refractivity contribution in [2.75, 3.05) is 4.90 Å². The zero-order valence-corrected chi connectivity index (χ0v) is 22.3. The highest BCUT2D eigenvalue weighted by Crippen LogP contribution is 2.40. The molecule has 0 bridgehead atoms. The van der Waals surface area contributed by atoms with Crippen molar-refractivity contribution in [2.45, 2.75) is 65.9 Å². The Bertz CT molecular complexity index is 1540. The predicted molar refractivity (Wildman–Crippen MR) is 144 cm³/mol. The topological polar surface area (TPSA) is 86.8 Å². The molecule has 8 heteroatoms. The largest absolute Gasteiger partial charge is 0.456 e. The Morgan fingerprint density at radius 1 is 1.03 bits per heavy atom. The van der Waals surface area contributed by atoms with E-state index in [4.69, 9.17) is 13.9 Å². The highest BCUT2D eigenvalue weighted by Gasteiger charge is 2.38. The van der Waals surface area contributed by atoms with Gasteiger partial charge >= 0.3 is 5.97 Å². The number of carbonyl (C=O) groups is 2. The van der Waals surface area contributed by atoms with Crippen molar-refractivity contribution < 1.29 is 23.5 Å². The average molecular weight is 516 g/mol. The van der Waals surface area contributed by atoms with E-state index < -0.39 is 12.2 Å². The molecule has 2 aromatic heterocycles. The first-order chi connectivity index (χ1) is 18.3. The quantitative estimate of drug-likeness (QED) is 0.302. The lowest BCUT2D eigenvalue weighted by atomic mass is 9.82. The summed E-state index contributed by atoms with van der Waals surface area (Å²) >= 11 is 0. The predicted octanol–water partition coefficient (Wildman–Crippen LogP) is 6.02. The van der Waals surface area contributed by atoms with Crippen LogP contribution in [-0.4, -0.2) is 27.9 Å².